The number of nitrogens with two attached hydrogens (primary N) is 1. The van der Waals surface area contributed by atoms with Gasteiger partial charge in [0.05, 0.1) is 0 Å². The van der Waals surface area contributed by atoms with Crippen LogP contribution in [0.15, 0.2) is 54.6 Å². The number of likely N-dealkylation sites (tertiary alicyclic amines) is 1. The van der Waals surface area contributed by atoms with E-state index >= 15 is 0 Å². The molecule has 0 bridgehead atoms. The molecule has 5 heteroatoms. The van der Waals surface area contributed by atoms with Gasteiger partial charge < -0.3 is 16.0 Å². The van der Waals surface area contributed by atoms with Crippen molar-refractivity contribution in [3.63, 3.8) is 0 Å². The lowest BCUT2D eigenvalue weighted by molar-refractivity contribution is -0.135. The molecule has 0 saturated carbocycles. The van der Waals surface area contributed by atoms with Gasteiger partial charge in [0.15, 0.2) is 0 Å². The van der Waals surface area contributed by atoms with Crippen molar-refractivity contribution in [2.75, 3.05) is 6.54 Å². The third-order valence-electron chi connectivity index (χ3n) is 4.83. The van der Waals surface area contributed by atoms with E-state index in [4.69, 9.17) is 5.73 Å². The van der Waals surface area contributed by atoms with E-state index in [0.717, 1.165) is 11.1 Å². The molecule has 2 unspecified atom stereocenters. The summed E-state index contributed by atoms with van der Waals surface area (Å²) in [4.78, 5) is 26.5. The molecule has 0 aliphatic carbocycles. The van der Waals surface area contributed by atoms with Gasteiger partial charge in [0, 0.05) is 25.6 Å². The zero-order valence-electron chi connectivity index (χ0n) is 15.0. The van der Waals surface area contributed by atoms with Crippen LogP contribution >= 0.6 is 0 Å². The van der Waals surface area contributed by atoms with E-state index in [-0.39, 0.29) is 17.9 Å². The van der Waals surface area contributed by atoms with Crippen molar-refractivity contribution in [3.8, 4) is 0 Å². The molecule has 1 aliphatic heterocycles. The lowest BCUT2D eigenvalue weighted by Crippen LogP contribution is -2.46. The summed E-state index contributed by atoms with van der Waals surface area (Å²) >= 11 is 0. The Morgan fingerprint density at radius 3 is 2.58 bits per heavy atom. The van der Waals surface area contributed by atoms with Gasteiger partial charge in [0.1, 0.15) is 6.04 Å². The van der Waals surface area contributed by atoms with Gasteiger partial charge in [-0.05, 0) is 24.5 Å². The van der Waals surface area contributed by atoms with Crippen LogP contribution in [0.3, 0.4) is 0 Å². The SMILES string of the molecule is Cc1ccc(CN2C(=O)CCC2C(=O)NCC(N)c2ccccc2)cc1. The fourth-order valence-corrected chi connectivity index (χ4v) is 3.24. The largest absolute Gasteiger partial charge is 0.352 e. The molecule has 2 atom stereocenters. The van der Waals surface area contributed by atoms with Crippen LogP contribution in [0.2, 0.25) is 0 Å². The maximum atomic E-state index is 12.6. The number of nitrogens with zero attached hydrogens (tertiary/aromatic N) is 1. The van der Waals surface area contributed by atoms with E-state index in [1.807, 2.05) is 61.5 Å². The molecule has 2 aromatic carbocycles. The monoisotopic (exact) mass is 351 g/mol. The fourth-order valence-electron chi connectivity index (χ4n) is 3.24. The van der Waals surface area contributed by atoms with Crippen molar-refractivity contribution in [2.24, 2.45) is 5.73 Å². The fraction of sp³-hybridized carbons (Fsp3) is 0.333. The highest BCUT2D eigenvalue weighted by Gasteiger charge is 2.35. The van der Waals surface area contributed by atoms with Crippen LogP contribution in [0.5, 0.6) is 0 Å². The van der Waals surface area contributed by atoms with Crippen LogP contribution < -0.4 is 11.1 Å². The quantitative estimate of drug-likeness (QED) is 0.838. The first kappa shape index (κ1) is 18.1. The molecule has 2 aromatic rings. The molecule has 0 spiro atoms. The van der Waals surface area contributed by atoms with Crippen LogP contribution in [-0.2, 0) is 16.1 Å². The van der Waals surface area contributed by atoms with Crippen LogP contribution in [0.25, 0.3) is 0 Å². The average Bonchev–Trinajstić information content (AvgIpc) is 3.02. The van der Waals surface area contributed by atoms with Gasteiger partial charge >= 0.3 is 0 Å². The lowest BCUT2D eigenvalue weighted by atomic mass is 10.1. The number of rotatable bonds is 6. The van der Waals surface area contributed by atoms with Crippen molar-refractivity contribution < 1.29 is 9.59 Å². The Hall–Kier alpha value is -2.66. The molecule has 2 amide bonds. The first-order chi connectivity index (χ1) is 12.5. The second kappa shape index (κ2) is 8.15. The first-order valence-electron chi connectivity index (χ1n) is 8.98. The zero-order chi connectivity index (χ0) is 18.5. The zero-order valence-corrected chi connectivity index (χ0v) is 15.0. The maximum Gasteiger partial charge on any atom is 0.242 e. The van der Waals surface area contributed by atoms with Crippen LogP contribution in [-0.4, -0.2) is 29.3 Å². The Balaban J connectivity index is 1.60. The van der Waals surface area contributed by atoms with Crippen LogP contribution in [0.4, 0.5) is 0 Å². The van der Waals surface area contributed by atoms with Gasteiger partial charge in [0.25, 0.3) is 0 Å². The third-order valence-corrected chi connectivity index (χ3v) is 4.83. The van der Waals surface area contributed by atoms with Gasteiger partial charge in [-0.3, -0.25) is 9.59 Å². The summed E-state index contributed by atoms with van der Waals surface area (Å²) in [6.07, 6.45) is 0.964. The van der Waals surface area contributed by atoms with Crippen molar-refractivity contribution in [3.05, 3.63) is 71.3 Å². The molecule has 26 heavy (non-hydrogen) atoms. The summed E-state index contributed by atoms with van der Waals surface area (Å²) < 4.78 is 0. The number of carbonyl (C=O) groups is 2. The highest BCUT2D eigenvalue weighted by Crippen LogP contribution is 2.22. The van der Waals surface area contributed by atoms with E-state index in [0.29, 0.717) is 25.9 Å². The van der Waals surface area contributed by atoms with E-state index in [1.165, 1.54) is 5.56 Å². The topological polar surface area (TPSA) is 75.4 Å². The molecule has 0 radical (unpaired) electrons. The lowest BCUT2D eigenvalue weighted by Gasteiger charge is -2.25. The Labute approximate surface area is 154 Å². The molecule has 3 N–H and O–H groups in total. The molecule has 1 aliphatic rings. The number of hydrogen-bond donors (Lipinski definition) is 2. The maximum absolute atomic E-state index is 12.6. The van der Waals surface area contributed by atoms with E-state index < -0.39 is 6.04 Å². The van der Waals surface area contributed by atoms with Crippen molar-refractivity contribution in [2.45, 2.75) is 38.4 Å². The van der Waals surface area contributed by atoms with Gasteiger partial charge in [-0.25, -0.2) is 0 Å². The second-order valence-electron chi connectivity index (χ2n) is 6.82. The summed E-state index contributed by atoms with van der Waals surface area (Å²) in [5.41, 5.74) is 9.33. The minimum atomic E-state index is -0.424. The third kappa shape index (κ3) is 4.29. The average molecular weight is 351 g/mol. The van der Waals surface area contributed by atoms with E-state index in [9.17, 15) is 9.59 Å². The number of aryl methyl sites for hydroxylation is 1. The smallest absolute Gasteiger partial charge is 0.242 e. The summed E-state index contributed by atoms with van der Waals surface area (Å²) in [5, 5.41) is 2.91. The van der Waals surface area contributed by atoms with E-state index in [2.05, 4.69) is 5.32 Å². The van der Waals surface area contributed by atoms with Gasteiger partial charge in [-0.15, -0.1) is 0 Å². The van der Waals surface area contributed by atoms with Crippen LogP contribution in [0.1, 0.15) is 35.6 Å². The van der Waals surface area contributed by atoms with Gasteiger partial charge in [-0.2, -0.15) is 0 Å². The number of amides is 2. The molecular formula is C21H25N3O2. The number of nitrogens with one attached hydrogen (secondary N) is 1. The molecular weight excluding hydrogens is 326 g/mol. The Morgan fingerprint density at radius 2 is 1.88 bits per heavy atom. The normalized spacial score (nSPS) is 18.0. The van der Waals surface area contributed by atoms with Crippen molar-refractivity contribution in [1.29, 1.82) is 0 Å². The number of carbonyl (C=O) groups excluding carboxylic acids is 2. The molecule has 3 rings (SSSR count). The Morgan fingerprint density at radius 1 is 1.19 bits per heavy atom. The van der Waals surface area contributed by atoms with Crippen molar-refractivity contribution >= 4 is 11.8 Å². The Bertz CT molecular complexity index is 759. The number of benzene rings is 2. The summed E-state index contributed by atoms with van der Waals surface area (Å²) in [7, 11) is 0. The van der Waals surface area contributed by atoms with Crippen LogP contribution in [0, 0.1) is 6.92 Å². The first-order valence-corrected chi connectivity index (χ1v) is 8.98. The van der Waals surface area contributed by atoms with Gasteiger partial charge in [-0.1, -0.05) is 60.2 Å². The minimum Gasteiger partial charge on any atom is -0.352 e. The molecule has 1 saturated heterocycles. The summed E-state index contributed by atoms with van der Waals surface area (Å²) in [6.45, 7) is 2.84. The molecule has 0 aromatic heterocycles. The standard InChI is InChI=1S/C21H25N3O2/c1-15-7-9-16(10-8-15)14-24-19(11-12-20(24)25)21(26)23-13-18(22)17-5-3-2-4-6-17/h2-10,18-19H,11-14,22H2,1H3,(H,23,26). The summed E-state index contributed by atoms with van der Waals surface area (Å²) in [6, 6.07) is 17.0. The predicted molar refractivity (Wildman–Crippen MR) is 101 cm³/mol. The predicted octanol–water partition coefficient (Wildman–Crippen LogP) is 2.30. The minimum absolute atomic E-state index is 0.0260. The number of hydrogen-bond acceptors (Lipinski definition) is 3. The second-order valence-corrected chi connectivity index (χ2v) is 6.82. The highest BCUT2D eigenvalue weighted by atomic mass is 16.2. The molecule has 5 nitrogen and oxygen atoms in total. The van der Waals surface area contributed by atoms with E-state index in [1.54, 1.807) is 4.90 Å². The Kier molecular flexibility index (Phi) is 5.68. The molecule has 136 valence electrons. The van der Waals surface area contributed by atoms with Gasteiger partial charge in [0.2, 0.25) is 11.8 Å². The molecule has 1 heterocycles. The molecule has 1 fully saturated rings. The highest BCUT2D eigenvalue weighted by molar-refractivity contribution is 5.90. The van der Waals surface area contributed by atoms with Crippen molar-refractivity contribution in [1.82, 2.24) is 10.2 Å². The summed E-state index contributed by atoms with van der Waals surface area (Å²) in [5.74, 6) is -0.104.